The highest BCUT2D eigenvalue weighted by molar-refractivity contribution is 6.11. The van der Waals surface area contributed by atoms with E-state index < -0.39 is 0 Å². The number of hydrogen-bond donors (Lipinski definition) is 2. The Morgan fingerprint density at radius 3 is 2.32 bits per heavy atom. The number of nitrogen functional groups attached to an aromatic ring is 1. The molecule has 6 nitrogen and oxygen atoms in total. The zero-order valence-corrected chi connectivity index (χ0v) is 20.5. The van der Waals surface area contributed by atoms with E-state index in [-0.39, 0.29) is 5.91 Å². The number of carbonyl (C=O) groups is 1. The lowest BCUT2D eigenvalue weighted by atomic mass is 9.99. The first-order valence-electron chi connectivity index (χ1n) is 12.5. The van der Waals surface area contributed by atoms with E-state index >= 15 is 0 Å². The molecule has 0 radical (unpaired) electrons. The Bertz CT molecular complexity index is 1280. The van der Waals surface area contributed by atoms with Crippen LogP contribution in [0.3, 0.4) is 0 Å². The molecular weight excluding hydrogens is 422 g/mol. The molecule has 2 aromatic carbocycles. The van der Waals surface area contributed by atoms with Crippen LogP contribution in [0.25, 0.3) is 27.9 Å². The highest BCUT2D eigenvalue weighted by Crippen LogP contribution is 2.31. The number of aromatic nitrogens is 3. The molecular formula is C28H35N5O. The van der Waals surface area contributed by atoms with Crippen molar-refractivity contribution in [1.29, 1.82) is 0 Å². The van der Waals surface area contributed by atoms with Crippen LogP contribution in [0.1, 0.15) is 81.1 Å². The van der Waals surface area contributed by atoms with Gasteiger partial charge in [-0.25, -0.2) is 9.97 Å². The van der Waals surface area contributed by atoms with Crippen molar-refractivity contribution in [2.75, 3.05) is 12.3 Å². The van der Waals surface area contributed by atoms with Gasteiger partial charge in [0.2, 0.25) is 0 Å². The highest BCUT2D eigenvalue weighted by atomic mass is 16.1. The van der Waals surface area contributed by atoms with Gasteiger partial charge in [0, 0.05) is 12.2 Å². The number of para-hydroxylation sites is 2. The van der Waals surface area contributed by atoms with Crippen molar-refractivity contribution in [2.45, 2.75) is 65.2 Å². The molecule has 0 fully saturated rings. The molecule has 4 rings (SSSR count). The Hall–Kier alpha value is -3.41. The predicted molar refractivity (Wildman–Crippen MR) is 141 cm³/mol. The van der Waals surface area contributed by atoms with Crippen LogP contribution in [0.4, 0.5) is 5.82 Å². The summed E-state index contributed by atoms with van der Waals surface area (Å²) in [4.78, 5) is 22.9. The third-order valence-corrected chi connectivity index (χ3v) is 6.62. The summed E-state index contributed by atoms with van der Waals surface area (Å²) in [5.74, 6) is 0.651. The molecule has 0 bridgehead atoms. The fourth-order valence-corrected chi connectivity index (χ4v) is 4.35. The number of fused-ring (bicyclic) bond motifs is 2. The molecule has 178 valence electrons. The Balaban J connectivity index is 1.74. The van der Waals surface area contributed by atoms with Gasteiger partial charge < -0.3 is 11.1 Å². The lowest BCUT2D eigenvalue weighted by Gasteiger charge is -2.12. The Kier molecular flexibility index (Phi) is 7.46. The van der Waals surface area contributed by atoms with E-state index in [1.807, 2.05) is 41.0 Å². The van der Waals surface area contributed by atoms with Crippen LogP contribution in [-0.4, -0.2) is 27.0 Å². The number of hydrogen-bond acceptors (Lipinski definition) is 4. The maximum atomic E-state index is 13.3. The minimum atomic E-state index is -0.197. The maximum absolute atomic E-state index is 13.3. The van der Waals surface area contributed by atoms with Gasteiger partial charge in [0.05, 0.1) is 11.0 Å². The molecule has 2 heterocycles. The van der Waals surface area contributed by atoms with Crippen LogP contribution >= 0.6 is 0 Å². The number of anilines is 1. The first kappa shape index (κ1) is 23.7. The predicted octanol–water partition coefficient (Wildman–Crippen LogP) is 6.37. The molecule has 4 aromatic rings. The average molecular weight is 458 g/mol. The van der Waals surface area contributed by atoms with Gasteiger partial charge in [-0.3, -0.25) is 9.36 Å². The first-order valence-corrected chi connectivity index (χ1v) is 12.5. The van der Waals surface area contributed by atoms with Crippen molar-refractivity contribution < 1.29 is 4.79 Å². The zero-order valence-electron chi connectivity index (χ0n) is 20.5. The lowest BCUT2D eigenvalue weighted by Crippen LogP contribution is -2.25. The molecule has 0 aliphatic rings. The largest absolute Gasteiger partial charge is 0.384 e. The van der Waals surface area contributed by atoms with E-state index in [1.54, 1.807) is 0 Å². The van der Waals surface area contributed by atoms with Crippen LogP contribution in [0.5, 0.6) is 0 Å². The van der Waals surface area contributed by atoms with E-state index in [1.165, 1.54) is 24.8 Å². The number of nitrogens with one attached hydrogen (secondary N) is 1. The minimum absolute atomic E-state index is 0.197. The van der Waals surface area contributed by atoms with Gasteiger partial charge in [-0.05, 0) is 48.6 Å². The van der Waals surface area contributed by atoms with Crippen LogP contribution in [0, 0.1) is 0 Å². The van der Waals surface area contributed by atoms with Gasteiger partial charge in [0.25, 0.3) is 5.91 Å². The van der Waals surface area contributed by atoms with Crippen LogP contribution in [0.15, 0.2) is 48.5 Å². The lowest BCUT2D eigenvalue weighted by molar-refractivity contribution is 0.0955. The molecule has 0 aliphatic heterocycles. The summed E-state index contributed by atoms with van der Waals surface area (Å²) in [5.41, 5.74) is 11.8. The van der Waals surface area contributed by atoms with Gasteiger partial charge in [-0.1, -0.05) is 70.7 Å². The number of unbranched alkanes of at least 4 members (excludes halogenated alkanes) is 4. The molecule has 2 aromatic heterocycles. The molecule has 1 amide bonds. The summed E-state index contributed by atoms with van der Waals surface area (Å²) >= 11 is 0. The average Bonchev–Trinajstić information content (AvgIpc) is 3.14. The number of benzene rings is 2. The number of amides is 1. The second-order valence-electron chi connectivity index (χ2n) is 9.05. The molecule has 6 heteroatoms. The van der Waals surface area contributed by atoms with Crippen molar-refractivity contribution in [3.8, 4) is 5.69 Å². The highest BCUT2D eigenvalue weighted by Gasteiger charge is 2.24. The van der Waals surface area contributed by atoms with E-state index in [4.69, 9.17) is 15.7 Å². The molecule has 0 saturated carbocycles. The summed E-state index contributed by atoms with van der Waals surface area (Å²) < 4.78 is 1.85. The van der Waals surface area contributed by atoms with Crippen molar-refractivity contribution in [3.05, 3.63) is 59.7 Å². The van der Waals surface area contributed by atoms with Crippen LogP contribution in [0.2, 0.25) is 0 Å². The van der Waals surface area contributed by atoms with Gasteiger partial charge >= 0.3 is 0 Å². The summed E-state index contributed by atoms with van der Waals surface area (Å²) in [6.07, 6.45) is 6.76. The first-order chi connectivity index (χ1) is 16.5. The maximum Gasteiger partial charge on any atom is 0.257 e. The normalized spacial score (nSPS) is 12.3. The zero-order chi connectivity index (χ0) is 24.1. The monoisotopic (exact) mass is 457 g/mol. The second-order valence-corrected chi connectivity index (χ2v) is 9.05. The molecule has 0 aliphatic carbocycles. The van der Waals surface area contributed by atoms with Crippen molar-refractivity contribution >= 4 is 33.9 Å². The van der Waals surface area contributed by atoms with Gasteiger partial charge in [-0.2, -0.15) is 0 Å². The third-order valence-electron chi connectivity index (χ3n) is 6.62. The Morgan fingerprint density at radius 1 is 0.971 bits per heavy atom. The van der Waals surface area contributed by atoms with E-state index in [0.717, 1.165) is 36.0 Å². The molecule has 34 heavy (non-hydrogen) atoms. The smallest absolute Gasteiger partial charge is 0.257 e. The summed E-state index contributed by atoms with van der Waals surface area (Å²) in [6, 6.07) is 16.0. The van der Waals surface area contributed by atoms with E-state index in [2.05, 4.69) is 38.2 Å². The van der Waals surface area contributed by atoms with Crippen molar-refractivity contribution in [3.63, 3.8) is 0 Å². The fourth-order valence-electron chi connectivity index (χ4n) is 4.35. The molecule has 0 saturated heterocycles. The van der Waals surface area contributed by atoms with Crippen molar-refractivity contribution in [1.82, 2.24) is 19.9 Å². The standard InChI is InChI=1S/C28H35N5O/c1-4-6-7-8-11-18-30-28(34)24-25-27(32-23-13-10-9-12-22(23)31-25)33(26(24)29)21-16-14-20(15-17-21)19(3)5-2/h9-10,12-17,19H,4-8,11,18,29H2,1-3H3,(H,30,34)/t19-/m0/s1. The van der Waals surface area contributed by atoms with Crippen molar-refractivity contribution in [2.24, 2.45) is 0 Å². The van der Waals surface area contributed by atoms with Crippen LogP contribution in [-0.2, 0) is 0 Å². The Labute approximate surface area is 201 Å². The van der Waals surface area contributed by atoms with Crippen LogP contribution < -0.4 is 11.1 Å². The molecule has 0 unspecified atom stereocenters. The second kappa shape index (κ2) is 10.7. The molecule has 3 N–H and O–H groups in total. The molecule has 0 spiro atoms. The molecule has 1 atom stereocenters. The fraction of sp³-hybridized carbons (Fsp3) is 0.393. The van der Waals surface area contributed by atoms with Gasteiger partial charge in [0.1, 0.15) is 16.9 Å². The number of carbonyl (C=O) groups excluding carboxylic acids is 1. The summed E-state index contributed by atoms with van der Waals surface area (Å²) in [6.45, 7) is 7.23. The number of nitrogens with two attached hydrogens (primary N) is 1. The SMILES string of the molecule is CCCCCCCNC(=O)c1c(N)n(-c2ccc([C@@H](C)CC)cc2)c2nc3ccccc3nc12. The number of nitrogens with zero attached hydrogens (tertiary/aromatic N) is 3. The quantitative estimate of drug-likeness (QED) is 0.271. The van der Waals surface area contributed by atoms with E-state index in [9.17, 15) is 4.79 Å². The summed E-state index contributed by atoms with van der Waals surface area (Å²) in [5, 5.41) is 3.05. The topological polar surface area (TPSA) is 85.8 Å². The van der Waals surface area contributed by atoms with Gasteiger partial charge in [0.15, 0.2) is 5.65 Å². The van der Waals surface area contributed by atoms with Gasteiger partial charge in [-0.15, -0.1) is 0 Å². The number of rotatable bonds is 10. The Morgan fingerprint density at radius 2 is 1.65 bits per heavy atom. The minimum Gasteiger partial charge on any atom is -0.384 e. The van der Waals surface area contributed by atoms with E-state index in [0.29, 0.717) is 35.0 Å². The third kappa shape index (κ3) is 4.76. The summed E-state index contributed by atoms with van der Waals surface area (Å²) in [7, 11) is 0.